The molecule has 2 unspecified atom stereocenters. The highest BCUT2D eigenvalue weighted by Crippen LogP contribution is 2.30. The summed E-state index contributed by atoms with van der Waals surface area (Å²) < 4.78 is 61.1. The fraction of sp³-hybridized carbons (Fsp3) is 0.548. The molecule has 2 bridgehead atoms. The Labute approximate surface area is 247 Å². The van der Waals surface area contributed by atoms with E-state index in [1.165, 1.54) is 25.3 Å². The van der Waals surface area contributed by atoms with Gasteiger partial charge in [-0.25, -0.2) is 22.0 Å². The zero-order chi connectivity index (χ0) is 30.4. The number of hydrogen-bond acceptors (Lipinski definition) is 6. The van der Waals surface area contributed by atoms with E-state index in [-0.39, 0.29) is 42.4 Å². The number of Topliss-reactive ketones (excluding diaryl/α,β-unsaturated/α-hetero) is 1. The topological polar surface area (TPSA) is 105 Å². The van der Waals surface area contributed by atoms with E-state index >= 15 is 4.39 Å². The molecule has 2 N–H and O–H groups in total. The second kappa shape index (κ2) is 14.1. The molecule has 42 heavy (non-hydrogen) atoms. The number of ether oxygens (including phenoxy) is 1. The summed E-state index contributed by atoms with van der Waals surface area (Å²) in [6.07, 6.45) is 1.67. The maximum Gasteiger partial charge on any atom is 0.407 e. The van der Waals surface area contributed by atoms with Crippen LogP contribution < -0.4 is 10.6 Å². The summed E-state index contributed by atoms with van der Waals surface area (Å²) in [5.74, 6) is -1.41. The first-order chi connectivity index (χ1) is 20.0. The van der Waals surface area contributed by atoms with Gasteiger partial charge in [0, 0.05) is 37.5 Å². The van der Waals surface area contributed by atoms with Gasteiger partial charge in [0.25, 0.3) is 0 Å². The SMILES string of the molecule is COC(=O)N[C@H](C(=O)Cc1cccc(F)c1CCC1CN[C@@H]2CCCS(=O)(=O)N1C2)[C@H](CC(C)C)c1ccc(F)cc1. The first-order valence-electron chi connectivity index (χ1n) is 14.6. The summed E-state index contributed by atoms with van der Waals surface area (Å²) in [5, 5.41) is 6.11. The molecule has 2 saturated heterocycles. The Morgan fingerprint density at radius 3 is 2.57 bits per heavy atom. The number of carbonyl (C=O) groups is 2. The number of sulfonamides is 1. The van der Waals surface area contributed by atoms with E-state index in [4.69, 9.17) is 4.74 Å². The molecule has 2 aliphatic heterocycles. The first kappa shape index (κ1) is 32.0. The summed E-state index contributed by atoms with van der Waals surface area (Å²) in [6, 6.07) is 9.24. The quantitative estimate of drug-likeness (QED) is 0.395. The minimum atomic E-state index is -3.39. The van der Waals surface area contributed by atoms with Crippen molar-refractivity contribution in [2.24, 2.45) is 5.92 Å². The minimum absolute atomic E-state index is 0.112. The van der Waals surface area contributed by atoms with Crippen molar-refractivity contribution in [3.63, 3.8) is 0 Å². The molecule has 2 fully saturated rings. The normalized spacial score (nSPS) is 23.0. The number of piperazine rings is 1. The van der Waals surface area contributed by atoms with Crippen LogP contribution in [0, 0.1) is 17.6 Å². The van der Waals surface area contributed by atoms with Crippen molar-refractivity contribution in [2.75, 3.05) is 26.0 Å². The number of amides is 1. The third-order valence-corrected chi connectivity index (χ3v) is 10.3. The number of methoxy groups -OCH3 is 1. The molecule has 1 amide bonds. The lowest BCUT2D eigenvalue weighted by atomic mass is 9.81. The molecule has 2 aromatic rings. The minimum Gasteiger partial charge on any atom is -0.453 e. The van der Waals surface area contributed by atoms with Crippen molar-refractivity contribution < 1.29 is 31.5 Å². The number of rotatable bonds is 11. The van der Waals surface area contributed by atoms with Crippen LogP contribution in [-0.4, -0.2) is 68.7 Å². The fourth-order valence-corrected chi connectivity index (χ4v) is 7.98. The molecule has 0 radical (unpaired) electrons. The van der Waals surface area contributed by atoms with Crippen LogP contribution in [0.4, 0.5) is 13.6 Å². The van der Waals surface area contributed by atoms with Gasteiger partial charge in [-0.15, -0.1) is 0 Å². The van der Waals surface area contributed by atoms with Gasteiger partial charge in [0.2, 0.25) is 10.0 Å². The van der Waals surface area contributed by atoms with E-state index in [0.717, 1.165) is 6.42 Å². The highest BCUT2D eigenvalue weighted by molar-refractivity contribution is 7.89. The van der Waals surface area contributed by atoms with Crippen LogP contribution in [0.1, 0.15) is 62.1 Å². The van der Waals surface area contributed by atoms with E-state index in [9.17, 15) is 22.4 Å². The van der Waals surface area contributed by atoms with Gasteiger partial charge in [0.05, 0.1) is 18.9 Å². The van der Waals surface area contributed by atoms with Gasteiger partial charge in [-0.3, -0.25) is 4.79 Å². The van der Waals surface area contributed by atoms with Crippen molar-refractivity contribution in [3.05, 3.63) is 70.8 Å². The molecule has 11 heteroatoms. The average molecular weight is 606 g/mol. The largest absolute Gasteiger partial charge is 0.453 e. The second-order valence-corrected chi connectivity index (χ2v) is 13.8. The maximum atomic E-state index is 15.2. The number of nitrogens with zero attached hydrogens (tertiary/aromatic N) is 1. The predicted octanol–water partition coefficient (Wildman–Crippen LogP) is 4.33. The Balaban J connectivity index is 1.58. The number of carbonyl (C=O) groups excluding carboxylic acids is 2. The number of benzene rings is 2. The Morgan fingerprint density at radius 2 is 1.88 bits per heavy atom. The van der Waals surface area contributed by atoms with E-state index in [1.807, 2.05) is 13.8 Å². The van der Waals surface area contributed by atoms with Gasteiger partial charge in [0.1, 0.15) is 11.6 Å². The third-order valence-electron chi connectivity index (χ3n) is 8.30. The number of halogens is 2. The first-order valence-corrected chi connectivity index (χ1v) is 16.2. The van der Waals surface area contributed by atoms with Gasteiger partial charge in [-0.1, -0.05) is 38.1 Å². The van der Waals surface area contributed by atoms with Crippen LogP contribution in [0.15, 0.2) is 42.5 Å². The van der Waals surface area contributed by atoms with E-state index < -0.39 is 39.7 Å². The van der Waals surface area contributed by atoms with Crippen LogP contribution in [0.3, 0.4) is 0 Å². The van der Waals surface area contributed by atoms with Crippen LogP contribution in [0.25, 0.3) is 0 Å². The molecule has 0 spiro atoms. The zero-order valence-corrected chi connectivity index (χ0v) is 25.3. The average Bonchev–Trinajstić information content (AvgIpc) is 3.06. The molecule has 5 atom stereocenters. The second-order valence-electron chi connectivity index (χ2n) is 11.7. The number of fused-ring (bicyclic) bond motifs is 2. The van der Waals surface area contributed by atoms with Crippen molar-refractivity contribution in [3.8, 4) is 0 Å². The monoisotopic (exact) mass is 605 g/mol. The summed E-state index contributed by atoms with van der Waals surface area (Å²) in [5.41, 5.74) is 1.54. The lowest BCUT2D eigenvalue weighted by Crippen LogP contribution is -2.57. The summed E-state index contributed by atoms with van der Waals surface area (Å²) >= 11 is 0. The molecule has 2 aromatic carbocycles. The number of nitrogens with one attached hydrogen (secondary N) is 2. The Kier molecular flexibility index (Phi) is 10.7. The zero-order valence-electron chi connectivity index (χ0n) is 24.4. The molecule has 0 aromatic heterocycles. The molecule has 4 rings (SSSR count). The third kappa shape index (κ3) is 7.93. The Hall–Kier alpha value is -2.89. The van der Waals surface area contributed by atoms with Gasteiger partial charge in [-0.05, 0) is 72.9 Å². The van der Waals surface area contributed by atoms with Crippen LogP contribution in [-0.2, 0) is 32.4 Å². The van der Waals surface area contributed by atoms with Crippen molar-refractivity contribution in [2.45, 2.75) is 76.4 Å². The lowest BCUT2D eigenvalue weighted by Gasteiger charge is -2.37. The van der Waals surface area contributed by atoms with E-state index in [1.54, 1.807) is 28.6 Å². The van der Waals surface area contributed by atoms with Gasteiger partial charge < -0.3 is 15.4 Å². The standard InChI is InChI=1S/C31H41F2N3O5S/c1-20(2)16-27(21-9-11-23(32)12-10-21)30(35-31(38)41-3)29(37)17-22-6-4-8-28(33)26(22)14-13-25-18-34-24-7-5-15-42(39,40)36(25)19-24/h4,6,8-12,20,24-25,27,30,34H,5,7,13-19H2,1-3H3,(H,35,38)/t24-,25?,27-,30+/m1/s1. The molecule has 2 heterocycles. The van der Waals surface area contributed by atoms with E-state index in [0.29, 0.717) is 49.0 Å². The Morgan fingerprint density at radius 1 is 1.14 bits per heavy atom. The molecule has 2 aliphatic rings. The molecule has 8 nitrogen and oxygen atoms in total. The fourth-order valence-electron chi connectivity index (χ4n) is 6.18. The molecule has 230 valence electrons. The predicted molar refractivity (Wildman–Crippen MR) is 157 cm³/mol. The summed E-state index contributed by atoms with van der Waals surface area (Å²) in [7, 11) is -2.18. The van der Waals surface area contributed by atoms with Crippen molar-refractivity contribution >= 4 is 21.9 Å². The Bertz CT molecular complexity index is 1350. The molecule has 0 aliphatic carbocycles. The number of alkyl carbamates (subject to hydrolysis) is 1. The number of hydrogen-bond donors (Lipinski definition) is 2. The van der Waals surface area contributed by atoms with Crippen molar-refractivity contribution in [1.29, 1.82) is 0 Å². The van der Waals surface area contributed by atoms with Crippen LogP contribution in [0.5, 0.6) is 0 Å². The lowest BCUT2D eigenvalue weighted by molar-refractivity contribution is -0.121. The maximum absolute atomic E-state index is 15.2. The highest BCUT2D eigenvalue weighted by Gasteiger charge is 2.38. The van der Waals surface area contributed by atoms with Crippen LogP contribution in [0.2, 0.25) is 0 Å². The van der Waals surface area contributed by atoms with E-state index in [2.05, 4.69) is 10.6 Å². The summed E-state index contributed by atoms with van der Waals surface area (Å²) in [4.78, 5) is 26.3. The van der Waals surface area contributed by atoms with Gasteiger partial charge >= 0.3 is 6.09 Å². The van der Waals surface area contributed by atoms with Crippen LogP contribution >= 0.6 is 0 Å². The smallest absolute Gasteiger partial charge is 0.407 e. The molecule has 0 saturated carbocycles. The van der Waals surface area contributed by atoms with Gasteiger partial charge in [-0.2, -0.15) is 4.31 Å². The number of ketones is 1. The molecular weight excluding hydrogens is 564 g/mol. The highest BCUT2D eigenvalue weighted by atomic mass is 32.2. The van der Waals surface area contributed by atoms with Gasteiger partial charge in [0.15, 0.2) is 5.78 Å². The summed E-state index contributed by atoms with van der Waals surface area (Å²) in [6.45, 7) is 4.89. The van der Waals surface area contributed by atoms with Crippen molar-refractivity contribution in [1.82, 2.24) is 14.9 Å². The molecular formula is C31H41F2N3O5S.